The fraction of sp³-hybridized carbons (Fsp3) is 0.700. The molecule has 0 radical (unpaired) electrons. The van der Waals surface area contributed by atoms with E-state index in [1.807, 2.05) is 0 Å². The van der Waals surface area contributed by atoms with Gasteiger partial charge in [-0.2, -0.15) is 0 Å². The first-order chi connectivity index (χ1) is 10.8. The van der Waals surface area contributed by atoms with Crippen LogP contribution in [0.2, 0.25) is 0 Å². The van der Waals surface area contributed by atoms with Gasteiger partial charge in [0.15, 0.2) is 0 Å². The highest BCUT2D eigenvalue weighted by molar-refractivity contribution is 5.37. The summed E-state index contributed by atoms with van der Waals surface area (Å²) in [6, 6.07) is 7.20. The molecular formula is C20H33NO. The highest BCUT2D eigenvalue weighted by Gasteiger charge is 2.18. The van der Waals surface area contributed by atoms with Crippen molar-refractivity contribution in [1.82, 2.24) is 5.32 Å². The molecule has 1 atom stereocenters. The maximum atomic E-state index is 5.35. The zero-order valence-corrected chi connectivity index (χ0v) is 14.5. The third-order valence-electron chi connectivity index (χ3n) is 4.86. The van der Waals surface area contributed by atoms with Gasteiger partial charge in [-0.1, -0.05) is 51.5 Å². The smallest absolute Gasteiger partial charge is 0.119 e. The van der Waals surface area contributed by atoms with Crippen LogP contribution in [0.15, 0.2) is 18.2 Å². The van der Waals surface area contributed by atoms with Crippen molar-refractivity contribution in [3.8, 4) is 5.75 Å². The van der Waals surface area contributed by atoms with Crippen LogP contribution in [-0.4, -0.2) is 19.7 Å². The number of methoxy groups -OCH3 is 1. The fourth-order valence-electron chi connectivity index (χ4n) is 3.42. The number of hydrogen-bond acceptors (Lipinski definition) is 2. The number of rotatable bonds is 10. The Morgan fingerprint density at radius 1 is 1.05 bits per heavy atom. The summed E-state index contributed by atoms with van der Waals surface area (Å²) in [5, 5.41) is 3.76. The molecule has 1 aliphatic carbocycles. The number of hydrogen-bond donors (Lipinski definition) is 1. The number of benzene rings is 1. The van der Waals surface area contributed by atoms with Gasteiger partial charge in [-0.25, -0.2) is 0 Å². The molecule has 0 spiro atoms. The lowest BCUT2D eigenvalue weighted by molar-refractivity contribution is 0.410. The lowest BCUT2D eigenvalue weighted by Crippen LogP contribution is -2.35. The molecule has 0 saturated heterocycles. The molecule has 0 saturated carbocycles. The van der Waals surface area contributed by atoms with Crippen molar-refractivity contribution in [2.24, 2.45) is 0 Å². The fourth-order valence-corrected chi connectivity index (χ4v) is 3.42. The summed E-state index contributed by atoms with van der Waals surface area (Å²) >= 11 is 0. The molecule has 2 nitrogen and oxygen atoms in total. The second-order valence-corrected chi connectivity index (χ2v) is 6.65. The number of nitrogens with one attached hydrogen (secondary N) is 1. The Morgan fingerprint density at radius 2 is 1.82 bits per heavy atom. The lowest BCUT2D eigenvalue weighted by Gasteiger charge is -2.26. The summed E-state index contributed by atoms with van der Waals surface area (Å²) in [5.41, 5.74) is 2.98. The van der Waals surface area contributed by atoms with Gasteiger partial charge in [0.1, 0.15) is 5.75 Å². The monoisotopic (exact) mass is 303 g/mol. The van der Waals surface area contributed by atoms with E-state index in [0.717, 1.165) is 12.2 Å². The van der Waals surface area contributed by atoms with E-state index in [9.17, 15) is 0 Å². The van der Waals surface area contributed by atoms with E-state index in [-0.39, 0.29) is 0 Å². The molecule has 1 aromatic rings. The van der Waals surface area contributed by atoms with Crippen molar-refractivity contribution >= 4 is 0 Å². The number of unbranched alkanes of at least 4 members (excludes halogenated alkanes) is 6. The zero-order valence-electron chi connectivity index (χ0n) is 14.5. The highest BCUT2D eigenvalue weighted by Crippen LogP contribution is 2.25. The number of ether oxygens (including phenoxy) is 1. The molecule has 0 amide bonds. The molecule has 1 unspecified atom stereocenters. The van der Waals surface area contributed by atoms with Crippen LogP contribution in [0, 0.1) is 0 Å². The van der Waals surface area contributed by atoms with Crippen molar-refractivity contribution in [3.05, 3.63) is 29.3 Å². The first-order valence-electron chi connectivity index (χ1n) is 9.22. The molecule has 2 rings (SSSR count). The SMILES string of the molecule is CCCCCCCCCNC1CCc2ccc(OC)cc2C1. The zero-order chi connectivity index (χ0) is 15.6. The Labute approximate surface area is 136 Å². The molecule has 0 aliphatic heterocycles. The van der Waals surface area contributed by atoms with Crippen LogP contribution in [0.1, 0.15) is 69.4 Å². The summed E-state index contributed by atoms with van der Waals surface area (Å²) in [6.07, 6.45) is 13.3. The van der Waals surface area contributed by atoms with Crippen molar-refractivity contribution < 1.29 is 4.74 Å². The number of fused-ring (bicyclic) bond motifs is 1. The molecule has 0 aromatic heterocycles. The molecule has 1 N–H and O–H groups in total. The first-order valence-corrected chi connectivity index (χ1v) is 9.22. The summed E-state index contributed by atoms with van der Waals surface area (Å²) in [4.78, 5) is 0. The van der Waals surface area contributed by atoms with E-state index in [1.165, 1.54) is 75.5 Å². The minimum atomic E-state index is 0.652. The molecule has 0 bridgehead atoms. The van der Waals surface area contributed by atoms with E-state index in [4.69, 9.17) is 4.74 Å². The first kappa shape index (κ1) is 17.3. The van der Waals surface area contributed by atoms with Crippen LogP contribution in [-0.2, 0) is 12.8 Å². The van der Waals surface area contributed by atoms with Crippen molar-refractivity contribution in [1.29, 1.82) is 0 Å². The van der Waals surface area contributed by atoms with Crippen LogP contribution in [0.5, 0.6) is 5.75 Å². The minimum Gasteiger partial charge on any atom is -0.497 e. The van der Waals surface area contributed by atoms with Gasteiger partial charge in [0, 0.05) is 6.04 Å². The van der Waals surface area contributed by atoms with E-state index >= 15 is 0 Å². The normalized spacial score (nSPS) is 17.3. The largest absolute Gasteiger partial charge is 0.497 e. The molecule has 0 heterocycles. The standard InChI is InChI=1S/C20H33NO/c1-3-4-5-6-7-8-9-14-21-19-12-10-17-11-13-20(22-2)16-18(17)15-19/h11,13,16,19,21H,3-10,12,14-15H2,1-2H3. The average molecular weight is 303 g/mol. The summed E-state index contributed by atoms with van der Waals surface area (Å²) < 4.78 is 5.35. The van der Waals surface area contributed by atoms with Crippen molar-refractivity contribution in [2.45, 2.75) is 77.2 Å². The summed E-state index contributed by atoms with van der Waals surface area (Å²) in [6.45, 7) is 3.46. The van der Waals surface area contributed by atoms with Crippen LogP contribution < -0.4 is 10.1 Å². The van der Waals surface area contributed by atoms with Crippen molar-refractivity contribution in [3.63, 3.8) is 0 Å². The molecule has 2 heteroatoms. The van der Waals surface area contributed by atoms with Crippen LogP contribution in [0.4, 0.5) is 0 Å². The van der Waals surface area contributed by atoms with Crippen LogP contribution in [0.25, 0.3) is 0 Å². The van der Waals surface area contributed by atoms with Gasteiger partial charge in [0.25, 0.3) is 0 Å². The van der Waals surface area contributed by atoms with Gasteiger partial charge in [-0.05, 0) is 55.5 Å². The Hall–Kier alpha value is -1.02. The van der Waals surface area contributed by atoms with Gasteiger partial charge >= 0.3 is 0 Å². The molecular weight excluding hydrogens is 270 g/mol. The Bertz CT molecular complexity index is 430. The average Bonchev–Trinajstić information content (AvgIpc) is 2.56. The Morgan fingerprint density at radius 3 is 2.59 bits per heavy atom. The third kappa shape index (κ3) is 5.64. The van der Waals surface area contributed by atoms with Crippen LogP contribution >= 0.6 is 0 Å². The second-order valence-electron chi connectivity index (χ2n) is 6.65. The van der Waals surface area contributed by atoms with E-state index in [1.54, 1.807) is 7.11 Å². The Balaban J connectivity index is 1.61. The summed E-state index contributed by atoms with van der Waals surface area (Å²) in [7, 11) is 1.75. The van der Waals surface area contributed by atoms with Crippen LogP contribution in [0.3, 0.4) is 0 Å². The predicted octanol–water partition coefficient (Wildman–Crippen LogP) is 4.89. The number of aryl methyl sites for hydroxylation is 1. The Kier molecular flexibility index (Phi) is 7.79. The van der Waals surface area contributed by atoms with Gasteiger partial charge in [-0.3, -0.25) is 0 Å². The minimum absolute atomic E-state index is 0.652. The lowest BCUT2D eigenvalue weighted by atomic mass is 9.88. The third-order valence-corrected chi connectivity index (χ3v) is 4.86. The van der Waals surface area contributed by atoms with E-state index in [2.05, 4.69) is 30.4 Å². The second kappa shape index (κ2) is 9.89. The quantitative estimate of drug-likeness (QED) is 0.621. The van der Waals surface area contributed by atoms with Gasteiger partial charge in [0.05, 0.1) is 7.11 Å². The molecule has 1 aromatic carbocycles. The molecule has 124 valence electrons. The van der Waals surface area contributed by atoms with Gasteiger partial charge in [-0.15, -0.1) is 0 Å². The molecule has 0 fully saturated rings. The van der Waals surface area contributed by atoms with E-state index < -0.39 is 0 Å². The molecule has 22 heavy (non-hydrogen) atoms. The van der Waals surface area contributed by atoms with Crippen molar-refractivity contribution in [2.75, 3.05) is 13.7 Å². The van der Waals surface area contributed by atoms with Gasteiger partial charge in [0.2, 0.25) is 0 Å². The maximum absolute atomic E-state index is 5.35. The predicted molar refractivity (Wildman–Crippen MR) is 94.8 cm³/mol. The molecule has 1 aliphatic rings. The topological polar surface area (TPSA) is 21.3 Å². The highest BCUT2D eigenvalue weighted by atomic mass is 16.5. The van der Waals surface area contributed by atoms with Gasteiger partial charge < -0.3 is 10.1 Å². The van der Waals surface area contributed by atoms with E-state index in [0.29, 0.717) is 6.04 Å². The maximum Gasteiger partial charge on any atom is 0.119 e. The summed E-state index contributed by atoms with van der Waals surface area (Å²) in [5.74, 6) is 0.992.